The third-order valence-electron chi connectivity index (χ3n) is 5.62. The number of nitrogens with zero attached hydrogens (tertiary/aromatic N) is 1. The summed E-state index contributed by atoms with van der Waals surface area (Å²) in [6.45, 7) is 1.35. The fourth-order valence-corrected chi connectivity index (χ4v) is 4.16. The Labute approximate surface area is 161 Å². The molecular weight excluding hydrogens is 342 g/mol. The second-order valence-corrected chi connectivity index (χ2v) is 7.43. The second-order valence-electron chi connectivity index (χ2n) is 7.43. The van der Waals surface area contributed by atoms with Crippen LogP contribution in [0, 0.1) is 0 Å². The number of carbonyl (C=O) groups is 1. The van der Waals surface area contributed by atoms with Crippen LogP contribution in [0.15, 0.2) is 24.4 Å². The van der Waals surface area contributed by atoms with Crippen molar-refractivity contribution < 1.29 is 19.3 Å². The third-order valence-corrected chi connectivity index (χ3v) is 5.62. The van der Waals surface area contributed by atoms with Gasteiger partial charge in [-0.05, 0) is 48.8 Å². The second kappa shape index (κ2) is 9.90. The molecule has 0 bridgehead atoms. The Bertz CT molecular complexity index is 746. The monoisotopic (exact) mass is 373 g/mol. The molecule has 0 saturated heterocycles. The molecular formula is C22H31NO4. The molecule has 0 N–H and O–H groups in total. The zero-order chi connectivity index (χ0) is 19.1. The standard InChI is InChI=1S/C22H31NO4/c1-25-22(24)10-6-7-13-23-15-20(18-8-4-3-5-9-18)19-12-11-17(14-21(19)23)16-27-26-2/h11-12,14-15,18H,3-10,13,16H2,1-2H3. The van der Waals surface area contributed by atoms with Crippen molar-refractivity contribution >= 4 is 16.9 Å². The van der Waals surface area contributed by atoms with Crippen LogP contribution in [0.25, 0.3) is 10.9 Å². The number of hydrogen-bond donors (Lipinski definition) is 0. The maximum atomic E-state index is 11.3. The number of benzene rings is 1. The average molecular weight is 373 g/mol. The topological polar surface area (TPSA) is 49.7 Å². The quantitative estimate of drug-likeness (QED) is 0.265. The molecule has 148 valence electrons. The molecule has 3 rings (SSSR count). The van der Waals surface area contributed by atoms with Crippen LogP contribution >= 0.6 is 0 Å². The molecule has 1 aliphatic rings. The lowest BCUT2D eigenvalue weighted by Gasteiger charge is -2.21. The van der Waals surface area contributed by atoms with E-state index in [2.05, 4.69) is 29.0 Å². The van der Waals surface area contributed by atoms with E-state index in [1.165, 1.54) is 62.8 Å². The molecule has 1 heterocycles. The molecule has 5 nitrogen and oxygen atoms in total. The van der Waals surface area contributed by atoms with Crippen molar-refractivity contribution in [3.05, 3.63) is 35.5 Å². The van der Waals surface area contributed by atoms with Gasteiger partial charge in [0, 0.05) is 30.1 Å². The largest absolute Gasteiger partial charge is 0.469 e. The number of fused-ring (bicyclic) bond motifs is 1. The van der Waals surface area contributed by atoms with Gasteiger partial charge in [-0.3, -0.25) is 4.79 Å². The number of aromatic nitrogens is 1. The van der Waals surface area contributed by atoms with Crippen LogP contribution in [0.2, 0.25) is 0 Å². The highest BCUT2D eigenvalue weighted by Gasteiger charge is 2.20. The number of carbonyl (C=O) groups excluding carboxylic acids is 1. The molecule has 2 aromatic rings. The predicted molar refractivity (Wildman–Crippen MR) is 105 cm³/mol. The van der Waals surface area contributed by atoms with E-state index in [1.54, 1.807) is 0 Å². The fourth-order valence-electron chi connectivity index (χ4n) is 4.16. The Morgan fingerprint density at radius 3 is 2.70 bits per heavy atom. The summed E-state index contributed by atoms with van der Waals surface area (Å²) in [5.41, 5.74) is 3.84. The number of unbranched alkanes of at least 4 members (excludes halogenated alkanes) is 1. The lowest BCUT2D eigenvalue weighted by molar-refractivity contribution is -0.282. The minimum atomic E-state index is -0.130. The number of ether oxygens (including phenoxy) is 1. The van der Waals surface area contributed by atoms with Crippen molar-refractivity contribution in [3.63, 3.8) is 0 Å². The first-order chi connectivity index (χ1) is 13.2. The summed E-state index contributed by atoms with van der Waals surface area (Å²) in [6, 6.07) is 6.58. The molecule has 1 aromatic heterocycles. The Kier molecular flexibility index (Phi) is 7.30. The van der Waals surface area contributed by atoms with Crippen molar-refractivity contribution in [2.45, 2.75) is 70.4 Å². The fraction of sp³-hybridized carbons (Fsp3) is 0.591. The molecule has 1 aliphatic carbocycles. The highest BCUT2D eigenvalue weighted by atomic mass is 17.2. The Hall–Kier alpha value is -1.85. The van der Waals surface area contributed by atoms with E-state index in [4.69, 9.17) is 14.5 Å². The summed E-state index contributed by atoms with van der Waals surface area (Å²) < 4.78 is 7.09. The van der Waals surface area contributed by atoms with Crippen molar-refractivity contribution in [1.82, 2.24) is 4.57 Å². The maximum Gasteiger partial charge on any atom is 0.305 e. The van der Waals surface area contributed by atoms with Gasteiger partial charge in [0.15, 0.2) is 0 Å². The zero-order valence-electron chi connectivity index (χ0n) is 16.5. The Morgan fingerprint density at radius 1 is 1.15 bits per heavy atom. The molecule has 0 unspecified atom stereocenters. The SMILES string of the molecule is COOCc1ccc2c(C3CCCCC3)cn(CCCCC(=O)OC)c2c1. The smallest absolute Gasteiger partial charge is 0.305 e. The van der Waals surface area contributed by atoms with E-state index >= 15 is 0 Å². The van der Waals surface area contributed by atoms with E-state index in [9.17, 15) is 4.79 Å². The van der Waals surface area contributed by atoms with Gasteiger partial charge in [0.25, 0.3) is 0 Å². The molecule has 0 aliphatic heterocycles. The van der Waals surface area contributed by atoms with E-state index in [0.29, 0.717) is 18.9 Å². The van der Waals surface area contributed by atoms with Crippen LogP contribution in [0.1, 0.15) is 68.4 Å². The van der Waals surface area contributed by atoms with Gasteiger partial charge in [0.05, 0.1) is 14.2 Å². The number of methoxy groups -OCH3 is 1. The lowest BCUT2D eigenvalue weighted by atomic mass is 9.84. The summed E-state index contributed by atoms with van der Waals surface area (Å²) in [5.74, 6) is 0.535. The van der Waals surface area contributed by atoms with Crippen molar-refractivity contribution in [3.8, 4) is 0 Å². The van der Waals surface area contributed by atoms with Gasteiger partial charge in [0.1, 0.15) is 6.61 Å². The molecule has 0 amide bonds. The highest BCUT2D eigenvalue weighted by Crippen LogP contribution is 2.37. The van der Waals surface area contributed by atoms with E-state index < -0.39 is 0 Å². The van der Waals surface area contributed by atoms with Crippen molar-refractivity contribution in [2.24, 2.45) is 0 Å². The van der Waals surface area contributed by atoms with Crippen LogP contribution in [-0.2, 0) is 32.5 Å². The highest BCUT2D eigenvalue weighted by molar-refractivity contribution is 5.85. The normalized spacial score (nSPS) is 15.3. The summed E-state index contributed by atoms with van der Waals surface area (Å²) in [6.07, 6.45) is 11.2. The van der Waals surface area contributed by atoms with E-state index in [1.807, 2.05) is 0 Å². The first-order valence-corrected chi connectivity index (χ1v) is 10.1. The van der Waals surface area contributed by atoms with Crippen LogP contribution < -0.4 is 0 Å². The van der Waals surface area contributed by atoms with Gasteiger partial charge in [-0.1, -0.05) is 31.4 Å². The van der Waals surface area contributed by atoms with Gasteiger partial charge in [-0.25, -0.2) is 9.78 Å². The van der Waals surface area contributed by atoms with Crippen LogP contribution in [0.4, 0.5) is 0 Å². The molecule has 27 heavy (non-hydrogen) atoms. The van der Waals surface area contributed by atoms with E-state index in [-0.39, 0.29) is 5.97 Å². The van der Waals surface area contributed by atoms with E-state index in [0.717, 1.165) is 24.9 Å². The third kappa shape index (κ3) is 5.11. The van der Waals surface area contributed by atoms with Gasteiger partial charge in [-0.15, -0.1) is 0 Å². The molecule has 1 fully saturated rings. The van der Waals surface area contributed by atoms with Gasteiger partial charge < -0.3 is 9.30 Å². The van der Waals surface area contributed by atoms with Crippen LogP contribution in [-0.4, -0.2) is 24.8 Å². The van der Waals surface area contributed by atoms with Gasteiger partial charge in [0.2, 0.25) is 0 Å². The number of aryl methyl sites for hydroxylation is 1. The average Bonchev–Trinajstić information content (AvgIpc) is 3.08. The lowest BCUT2D eigenvalue weighted by Crippen LogP contribution is -2.04. The Morgan fingerprint density at radius 2 is 1.96 bits per heavy atom. The molecule has 0 radical (unpaired) electrons. The number of hydrogen-bond acceptors (Lipinski definition) is 4. The molecule has 1 aromatic carbocycles. The minimum absolute atomic E-state index is 0.130. The number of esters is 1. The summed E-state index contributed by atoms with van der Waals surface area (Å²) in [5, 5.41) is 1.36. The molecule has 1 saturated carbocycles. The summed E-state index contributed by atoms with van der Waals surface area (Å²) in [7, 11) is 2.98. The van der Waals surface area contributed by atoms with Gasteiger partial charge >= 0.3 is 5.97 Å². The maximum absolute atomic E-state index is 11.3. The van der Waals surface area contributed by atoms with Gasteiger partial charge in [-0.2, -0.15) is 0 Å². The predicted octanol–water partition coefficient (Wildman–Crippen LogP) is 5.11. The van der Waals surface area contributed by atoms with Crippen molar-refractivity contribution in [1.29, 1.82) is 0 Å². The Balaban J connectivity index is 1.81. The molecule has 0 spiro atoms. The summed E-state index contributed by atoms with van der Waals surface area (Å²) >= 11 is 0. The number of rotatable bonds is 9. The zero-order valence-corrected chi connectivity index (χ0v) is 16.5. The minimum Gasteiger partial charge on any atom is -0.469 e. The first kappa shape index (κ1) is 19.9. The van der Waals surface area contributed by atoms with Crippen LogP contribution in [0.5, 0.6) is 0 Å². The van der Waals surface area contributed by atoms with Crippen LogP contribution in [0.3, 0.4) is 0 Å². The first-order valence-electron chi connectivity index (χ1n) is 10.1. The van der Waals surface area contributed by atoms with Crippen molar-refractivity contribution in [2.75, 3.05) is 14.2 Å². The molecule has 0 atom stereocenters. The summed E-state index contributed by atoms with van der Waals surface area (Å²) in [4.78, 5) is 21.2. The molecule has 5 heteroatoms.